The van der Waals surface area contributed by atoms with Crippen LogP contribution < -0.4 is 15.5 Å². The average Bonchev–Trinajstić information content (AvgIpc) is 2.80. The van der Waals surface area contributed by atoms with Crippen molar-refractivity contribution in [2.75, 3.05) is 42.9 Å². The third kappa shape index (κ3) is 2.43. The molecule has 20 heavy (non-hydrogen) atoms. The van der Waals surface area contributed by atoms with Crippen molar-refractivity contribution in [1.29, 1.82) is 0 Å². The molecule has 9 heteroatoms. The Labute approximate surface area is 121 Å². The summed E-state index contributed by atoms with van der Waals surface area (Å²) in [5.74, 6) is 1.03. The van der Waals surface area contributed by atoms with Crippen LogP contribution in [0.4, 0.5) is 16.7 Å². The topological polar surface area (TPSA) is 86.3 Å². The Morgan fingerprint density at radius 2 is 2.25 bits per heavy atom. The Morgan fingerprint density at radius 3 is 3.05 bits per heavy atom. The van der Waals surface area contributed by atoms with Gasteiger partial charge in [0.25, 0.3) is 0 Å². The first kappa shape index (κ1) is 13.2. The SMILES string of the molecule is CCNc1nc(Cl)nc(N2CCN3C(=O)NCC3C2)n1. The van der Waals surface area contributed by atoms with Gasteiger partial charge < -0.3 is 20.4 Å². The molecule has 1 atom stereocenters. The number of hydrogen-bond acceptors (Lipinski definition) is 6. The first-order chi connectivity index (χ1) is 9.67. The van der Waals surface area contributed by atoms with E-state index < -0.39 is 0 Å². The van der Waals surface area contributed by atoms with Gasteiger partial charge >= 0.3 is 6.03 Å². The molecule has 1 unspecified atom stereocenters. The number of fused-ring (bicyclic) bond motifs is 1. The summed E-state index contributed by atoms with van der Waals surface area (Å²) in [6.07, 6.45) is 0. The molecule has 3 heterocycles. The van der Waals surface area contributed by atoms with Gasteiger partial charge in [0.05, 0.1) is 6.04 Å². The van der Waals surface area contributed by atoms with Crippen molar-refractivity contribution in [3.05, 3.63) is 5.28 Å². The summed E-state index contributed by atoms with van der Waals surface area (Å²) in [4.78, 5) is 28.0. The zero-order valence-electron chi connectivity index (χ0n) is 11.1. The minimum Gasteiger partial charge on any atom is -0.354 e. The van der Waals surface area contributed by atoms with E-state index in [-0.39, 0.29) is 17.4 Å². The van der Waals surface area contributed by atoms with Gasteiger partial charge in [-0.15, -0.1) is 0 Å². The lowest BCUT2D eigenvalue weighted by Crippen LogP contribution is -2.52. The predicted molar refractivity (Wildman–Crippen MR) is 75.1 cm³/mol. The maximum atomic E-state index is 11.6. The van der Waals surface area contributed by atoms with Gasteiger partial charge in [0.2, 0.25) is 17.2 Å². The fraction of sp³-hybridized carbons (Fsp3) is 0.636. The number of anilines is 2. The number of urea groups is 1. The molecule has 0 aromatic carbocycles. The van der Waals surface area contributed by atoms with Crippen molar-refractivity contribution in [3.63, 3.8) is 0 Å². The van der Waals surface area contributed by atoms with Crippen LogP contribution in [0.2, 0.25) is 5.28 Å². The van der Waals surface area contributed by atoms with E-state index in [1.54, 1.807) is 0 Å². The summed E-state index contributed by atoms with van der Waals surface area (Å²) >= 11 is 5.93. The second-order valence-corrected chi connectivity index (χ2v) is 5.08. The number of halogens is 1. The van der Waals surface area contributed by atoms with Crippen LogP contribution in [0.3, 0.4) is 0 Å². The highest BCUT2D eigenvalue weighted by Crippen LogP contribution is 2.20. The van der Waals surface area contributed by atoms with Gasteiger partial charge in [0.1, 0.15) is 0 Å². The first-order valence-corrected chi connectivity index (χ1v) is 7.00. The molecule has 0 aliphatic carbocycles. The van der Waals surface area contributed by atoms with Crippen molar-refractivity contribution >= 4 is 29.5 Å². The van der Waals surface area contributed by atoms with Crippen LogP contribution >= 0.6 is 11.6 Å². The Morgan fingerprint density at radius 1 is 1.40 bits per heavy atom. The predicted octanol–water partition coefficient (Wildman–Crippen LogP) is 0.171. The van der Waals surface area contributed by atoms with Crippen LogP contribution in [0.5, 0.6) is 0 Å². The third-order valence-electron chi connectivity index (χ3n) is 3.45. The largest absolute Gasteiger partial charge is 0.354 e. The quantitative estimate of drug-likeness (QED) is 0.827. The lowest BCUT2D eigenvalue weighted by Gasteiger charge is -2.36. The summed E-state index contributed by atoms with van der Waals surface area (Å²) in [5.41, 5.74) is 0. The maximum Gasteiger partial charge on any atom is 0.317 e. The minimum absolute atomic E-state index is 0.0108. The van der Waals surface area contributed by atoms with E-state index in [1.807, 2.05) is 16.7 Å². The van der Waals surface area contributed by atoms with Crippen LogP contribution in [0.1, 0.15) is 6.92 Å². The second kappa shape index (κ2) is 5.28. The molecule has 1 aromatic heterocycles. The fourth-order valence-corrected chi connectivity index (χ4v) is 2.66. The highest BCUT2D eigenvalue weighted by Gasteiger charge is 2.36. The average molecular weight is 298 g/mol. The van der Waals surface area contributed by atoms with Crippen molar-refractivity contribution in [2.24, 2.45) is 0 Å². The molecular formula is C11H16ClN7O. The standard InChI is InChI=1S/C11H16ClN7O/c1-2-13-9-15-8(12)16-10(17-9)18-3-4-19-7(6-18)5-14-11(19)20/h7H,2-6H2,1H3,(H,14,20)(H,13,15,16,17). The van der Waals surface area contributed by atoms with Crippen LogP contribution in [0.25, 0.3) is 0 Å². The third-order valence-corrected chi connectivity index (χ3v) is 3.62. The van der Waals surface area contributed by atoms with Crippen LogP contribution in [-0.2, 0) is 0 Å². The Bertz CT molecular complexity index is 525. The van der Waals surface area contributed by atoms with Crippen molar-refractivity contribution in [3.8, 4) is 0 Å². The van der Waals surface area contributed by atoms with Crippen LogP contribution in [0, 0.1) is 0 Å². The second-order valence-electron chi connectivity index (χ2n) is 4.74. The molecule has 2 N–H and O–H groups in total. The molecule has 2 aliphatic heterocycles. The molecule has 2 amide bonds. The van der Waals surface area contributed by atoms with E-state index >= 15 is 0 Å². The van der Waals surface area contributed by atoms with Gasteiger partial charge in [-0.25, -0.2) is 4.79 Å². The lowest BCUT2D eigenvalue weighted by atomic mass is 10.2. The maximum absolute atomic E-state index is 11.6. The van der Waals surface area contributed by atoms with E-state index in [4.69, 9.17) is 11.6 Å². The monoisotopic (exact) mass is 297 g/mol. The smallest absolute Gasteiger partial charge is 0.317 e. The summed E-state index contributed by atoms with van der Waals surface area (Å²) in [5, 5.41) is 6.05. The highest BCUT2D eigenvalue weighted by atomic mass is 35.5. The number of hydrogen-bond donors (Lipinski definition) is 2. The van der Waals surface area contributed by atoms with Crippen molar-refractivity contribution < 1.29 is 4.79 Å². The number of amides is 2. The van der Waals surface area contributed by atoms with Gasteiger partial charge in [0.15, 0.2) is 0 Å². The Balaban J connectivity index is 1.78. The number of aromatic nitrogens is 3. The summed E-state index contributed by atoms with van der Waals surface area (Å²) in [6.45, 7) is 5.39. The normalized spacial score (nSPS) is 21.7. The number of carbonyl (C=O) groups excluding carboxylic acids is 1. The summed E-state index contributed by atoms with van der Waals surface area (Å²) < 4.78 is 0. The molecule has 2 fully saturated rings. The molecule has 0 bridgehead atoms. The fourth-order valence-electron chi connectivity index (χ4n) is 2.50. The zero-order chi connectivity index (χ0) is 14.1. The molecule has 3 rings (SSSR count). The van der Waals surface area contributed by atoms with Crippen molar-refractivity contribution in [2.45, 2.75) is 13.0 Å². The molecule has 2 aliphatic rings. The van der Waals surface area contributed by atoms with Gasteiger partial charge in [-0.3, -0.25) is 0 Å². The highest BCUT2D eigenvalue weighted by molar-refractivity contribution is 6.28. The minimum atomic E-state index is 0.0108. The molecule has 108 valence electrons. The molecular weight excluding hydrogens is 282 g/mol. The molecule has 2 saturated heterocycles. The summed E-state index contributed by atoms with van der Waals surface area (Å²) in [6, 6.07) is 0.172. The van der Waals surface area contributed by atoms with Crippen LogP contribution in [-0.4, -0.2) is 64.6 Å². The number of carbonyl (C=O) groups is 1. The number of piperazine rings is 1. The number of nitrogens with one attached hydrogen (secondary N) is 2. The molecule has 0 spiro atoms. The van der Waals surface area contributed by atoms with E-state index in [0.29, 0.717) is 44.6 Å². The molecule has 0 radical (unpaired) electrons. The number of nitrogens with zero attached hydrogens (tertiary/aromatic N) is 5. The first-order valence-electron chi connectivity index (χ1n) is 6.62. The van der Waals surface area contributed by atoms with Crippen molar-refractivity contribution in [1.82, 2.24) is 25.2 Å². The lowest BCUT2D eigenvalue weighted by molar-refractivity contribution is 0.197. The Kier molecular flexibility index (Phi) is 3.47. The van der Waals surface area contributed by atoms with E-state index in [0.717, 1.165) is 0 Å². The van der Waals surface area contributed by atoms with Gasteiger partial charge in [0, 0.05) is 32.7 Å². The van der Waals surface area contributed by atoms with Crippen LogP contribution in [0.15, 0.2) is 0 Å². The summed E-state index contributed by atoms with van der Waals surface area (Å²) in [7, 11) is 0. The number of rotatable bonds is 3. The van der Waals surface area contributed by atoms with Gasteiger partial charge in [-0.05, 0) is 18.5 Å². The van der Waals surface area contributed by atoms with Gasteiger partial charge in [-0.1, -0.05) is 0 Å². The van der Waals surface area contributed by atoms with E-state index in [9.17, 15) is 4.79 Å². The van der Waals surface area contributed by atoms with Gasteiger partial charge in [-0.2, -0.15) is 15.0 Å². The zero-order valence-corrected chi connectivity index (χ0v) is 11.9. The molecule has 0 saturated carbocycles. The molecule has 8 nitrogen and oxygen atoms in total. The Hall–Kier alpha value is -1.83. The van der Waals surface area contributed by atoms with E-state index in [1.165, 1.54) is 0 Å². The van der Waals surface area contributed by atoms with E-state index in [2.05, 4.69) is 25.6 Å². The molecule has 1 aromatic rings.